The highest BCUT2D eigenvalue weighted by Crippen LogP contribution is 2.26. The van der Waals surface area contributed by atoms with Gasteiger partial charge in [-0.25, -0.2) is 0 Å². The van der Waals surface area contributed by atoms with Crippen LogP contribution in [0.1, 0.15) is 37.8 Å². The number of rotatable bonds is 6. The predicted molar refractivity (Wildman–Crippen MR) is 73.6 cm³/mol. The first kappa shape index (κ1) is 15.0. The number of carbonyl (C=O) groups is 1. The average molecular weight is 270 g/mol. The van der Waals surface area contributed by atoms with Crippen molar-refractivity contribution < 1.29 is 9.90 Å². The Bertz CT molecular complexity index is 395. The van der Waals surface area contributed by atoms with E-state index in [-0.39, 0.29) is 18.6 Å². The fourth-order valence-corrected chi connectivity index (χ4v) is 2.10. The van der Waals surface area contributed by atoms with E-state index in [1.807, 2.05) is 31.2 Å². The zero-order chi connectivity index (χ0) is 13.5. The highest BCUT2D eigenvalue weighted by atomic mass is 35.5. The number of aliphatic hydroxyl groups is 1. The molecule has 1 aromatic carbocycles. The maximum atomic E-state index is 11.9. The number of hydrogen-bond donors (Lipinski definition) is 1. The number of nitrogens with zero attached hydrogens (tertiary/aromatic N) is 1. The monoisotopic (exact) mass is 269 g/mol. The molecule has 1 rings (SSSR count). The number of aliphatic hydroxyl groups excluding tert-OH is 1. The summed E-state index contributed by atoms with van der Waals surface area (Å²) in [6.45, 7) is 2.10. The van der Waals surface area contributed by atoms with Gasteiger partial charge in [-0.15, -0.1) is 0 Å². The second-order valence-electron chi connectivity index (χ2n) is 4.38. The first-order valence-electron chi connectivity index (χ1n) is 6.19. The highest BCUT2D eigenvalue weighted by Gasteiger charge is 2.18. The van der Waals surface area contributed by atoms with Gasteiger partial charge >= 0.3 is 0 Å². The van der Waals surface area contributed by atoms with E-state index in [2.05, 4.69) is 0 Å². The normalized spacial score (nSPS) is 12.2. The molecule has 0 saturated carbocycles. The van der Waals surface area contributed by atoms with E-state index < -0.39 is 0 Å². The molecule has 0 aromatic heterocycles. The van der Waals surface area contributed by atoms with Crippen molar-refractivity contribution in [3.05, 3.63) is 34.9 Å². The Balaban J connectivity index is 2.63. The minimum Gasteiger partial charge on any atom is -0.396 e. The molecule has 1 unspecified atom stereocenters. The minimum atomic E-state index is -0.0414. The van der Waals surface area contributed by atoms with Gasteiger partial charge in [-0.1, -0.05) is 29.8 Å². The fraction of sp³-hybridized carbons (Fsp3) is 0.500. The van der Waals surface area contributed by atoms with E-state index in [4.69, 9.17) is 16.7 Å². The van der Waals surface area contributed by atoms with Crippen LogP contribution in [0.3, 0.4) is 0 Å². The predicted octanol–water partition coefficient (Wildman–Crippen LogP) is 3.02. The number of hydrogen-bond acceptors (Lipinski definition) is 2. The average Bonchev–Trinajstić information content (AvgIpc) is 2.38. The molecule has 0 aliphatic rings. The van der Waals surface area contributed by atoms with Gasteiger partial charge in [-0.3, -0.25) is 4.79 Å². The van der Waals surface area contributed by atoms with Crippen LogP contribution >= 0.6 is 11.6 Å². The summed E-state index contributed by atoms with van der Waals surface area (Å²) in [6, 6.07) is 7.52. The molecule has 1 amide bonds. The molecule has 1 atom stereocenters. The Morgan fingerprint density at radius 3 is 2.67 bits per heavy atom. The summed E-state index contributed by atoms with van der Waals surface area (Å²) < 4.78 is 0. The van der Waals surface area contributed by atoms with Crippen LogP contribution in [0.5, 0.6) is 0 Å². The summed E-state index contributed by atoms with van der Waals surface area (Å²) in [7, 11) is 1.79. The molecule has 0 bridgehead atoms. The standard InChI is InChI=1S/C14H20ClNO2/c1-11(12-7-3-4-8-13(12)15)16(2)14(18)9-5-6-10-17/h3-4,7-8,11,17H,5-6,9-10H2,1-2H3. The molecule has 0 spiro atoms. The SMILES string of the molecule is CC(c1ccccc1Cl)N(C)C(=O)CCCCO. The third-order valence-electron chi connectivity index (χ3n) is 3.13. The molecular formula is C14H20ClNO2. The van der Waals surface area contributed by atoms with Crippen molar-refractivity contribution in [2.75, 3.05) is 13.7 Å². The summed E-state index contributed by atoms with van der Waals surface area (Å²) in [4.78, 5) is 13.7. The van der Waals surface area contributed by atoms with E-state index in [9.17, 15) is 4.79 Å². The Morgan fingerprint density at radius 2 is 2.06 bits per heavy atom. The van der Waals surface area contributed by atoms with Gasteiger partial charge in [0.05, 0.1) is 6.04 Å². The van der Waals surface area contributed by atoms with Gasteiger partial charge < -0.3 is 10.0 Å². The quantitative estimate of drug-likeness (QED) is 0.807. The van der Waals surface area contributed by atoms with Crippen LogP contribution in [-0.4, -0.2) is 29.6 Å². The van der Waals surface area contributed by atoms with Crippen molar-refractivity contribution in [2.45, 2.75) is 32.2 Å². The molecule has 0 saturated heterocycles. The molecule has 4 heteroatoms. The Kier molecular flexibility index (Phi) is 6.16. The minimum absolute atomic E-state index is 0.0414. The van der Waals surface area contributed by atoms with E-state index in [1.165, 1.54) is 0 Å². The number of unbranched alkanes of at least 4 members (excludes halogenated alkanes) is 1. The van der Waals surface area contributed by atoms with Crippen molar-refractivity contribution in [1.82, 2.24) is 4.90 Å². The van der Waals surface area contributed by atoms with E-state index >= 15 is 0 Å². The molecule has 1 N–H and O–H groups in total. The summed E-state index contributed by atoms with van der Waals surface area (Å²) >= 11 is 6.12. The lowest BCUT2D eigenvalue weighted by Gasteiger charge is -2.26. The molecule has 0 aliphatic heterocycles. The lowest BCUT2D eigenvalue weighted by molar-refractivity contribution is -0.131. The number of amides is 1. The Labute approximate surface area is 113 Å². The van der Waals surface area contributed by atoms with Crippen molar-refractivity contribution in [3.8, 4) is 0 Å². The van der Waals surface area contributed by atoms with Gasteiger partial charge in [0.25, 0.3) is 0 Å². The number of carbonyl (C=O) groups excluding carboxylic acids is 1. The van der Waals surface area contributed by atoms with Crippen molar-refractivity contribution in [2.24, 2.45) is 0 Å². The topological polar surface area (TPSA) is 40.5 Å². The molecule has 0 heterocycles. The lowest BCUT2D eigenvalue weighted by Crippen LogP contribution is -2.29. The van der Waals surface area contributed by atoms with Crippen molar-refractivity contribution in [3.63, 3.8) is 0 Å². The van der Waals surface area contributed by atoms with Gasteiger partial charge in [-0.2, -0.15) is 0 Å². The second kappa shape index (κ2) is 7.39. The second-order valence-corrected chi connectivity index (χ2v) is 4.79. The smallest absolute Gasteiger partial charge is 0.222 e. The van der Waals surface area contributed by atoms with Crippen LogP contribution in [0.25, 0.3) is 0 Å². The summed E-state index contributed by atoms with van der Waals surface area (Å²) in [5.41, 5.74) is 0.956. The van der Waals surface area contributed by atoms with Gasteiger partial charge in [0.15, 0.2) is 0 Å². The summed E-state index contributed by atoms with van der Waals surface area (Å²) in [5, 5.41) is 9.38. The molecule has 3 nitrogen and oxygen atoms in total. The van der Waals surface area contributed by atoms with Gasteiger partial charge in [0.2, 0.25) is 5.91 Å². The molecular weight excluding hydrogens is 250 g/mol. The number of benzene rings is 1. The number of halogens is 1. The zero-order valence-electron chi connectivity index (χ0n) is 10.9. The third-order valence-corrected chi connectivity index (χ3v) is 3.47. The van der Waals surface area contributed by atoms with Crippen LogP contribution in [0.2, 0.25) is 5.02 Å². The van der Waals surface area contributed by atoms with E-state index in [0.717, 1.165) is 12.0 Å². The van der Waals surface area contributed by atoms with Crippen LogP contribution in [0, 0.1) is 0 Å². The van der Waals surface area contributed by atoms with Crippen molar-refractivity contribution in [1.29, 1.82) is 0 Å². The fourth-order valence-electron chi connectivity index (χ4n) is 1.80. The molecule has 100 valence electrons. The van der Waals surface area contributed by atoms with Crippen LogP contribution < -0.4 is 0 Å². The van der Waals surface area contributed by atoms with E-state index in [0.29, 0.717) is 17.9 Å². The van der Waals surface area contributed by atoms with E-state index in [1.54, 1.807) is 11.9 Å². The first-order chi connectivity index (χ1) is 8.57. The first-order valence-corrected chi connectivity index (χ1v) is 6.56. The van der Waals surface area contributed by atoms with Crippen LogP contribution in [0.4, 0.5) is 0 Å². The van der Waals surface area contributed by atoms with Crippen molar-refractivity contribution >= 4 is 17.5 Å². The Hall–Kier alpha value is -1.06. The van der Waals surface area contributed by atoms with Crippen LogP contribution in [0.15, 0.2) is 24.3 Å². The van der Waals surface area contributed by atoms with Crippen LogP contribution in [-0.2, 0) is 4.79 Å². The van der Waals surface area contributed by atoms with Gasteiger partial charge in [0.1, 0.15) is 0 Å². The Morgan fingerprint density at radius 1 is 1.39 bits per heavy atom. The third kappa shape index (κ3) is 4.00. The van der Waals surface area contributed by atoms with Gasteiger partial charge in [0, 0.05) is 25.1 Å². The molecule has 0 aliphatic carbocycles. The largest absolute Gasteiger partial charge is 0.396 e. The molecule has 0 radical (unpaired) electrons. The molecule has 0 fully saturated rings. The molecule has 1 aromatic rings. The molecule has 18 heavy (non-hydrogen) atoms. The summed E-state index contributed by atoms with van der Waals surface area (Å²) in [5.74, 6) is 0.0795. The summed E-state index contributed by atoms with van der Waals surface area (Å²) in [6.07, 6.45) is 1.85. The lowest BCUT2D eigenvalue weighted by atomic mass is 10.1. The zero-order valence-corrected chi connectivity index (χ0v) is 11.7. The van der Waals surface area contributed by atoms with Gasteiger partial charge in [-0.05, 0) is 31.4 Å². The highest BCUT2D eigenvalue weighted by molar-refractivity contribution is 6.31. The maximum absolute atomic E-state index is 11.9. The maximum Gasteiger partial charge on any atom is 0.222 e.